The predicted molar refractivity (Wildman–Crippen MR) is 161 cm³/mol. The van der Waals surface area contributed by atoms with Crippen molar-refractivity contribution >= 4 is 29.4 Å². The Labute approximate surface area is 236 Å². The van der Waals surface area contributed by atoms with Gasteiger partial charge in [0.2, 0.25) is 0 Å². The number of hydrogen-bond acceptors (Lipinski definition) is 5. The van der Waals surface area contributed by atoms with E-state index in [-0.39, 0.29) is 17.4 Å². The van der Waals surface area contributed by atoms with Crippen LogP contribution in [-0.4, -0.2) is 29.0 Å². The van der Waals surface area contributed by atoms with Gasteiger partial charge >= 0.3 is 0 Å². The van der Waals surface area contributed by atoms with Crippen LogP contribution in [0.5, 0.6) is 11.5 Å². The minimum absolute atomic E-state index is 0.102. The molecule has 3 aromatic carbocycles. The number of thioether (sulfide) groups is 1. The lowest BCUT2D eigenvalue weighted by Gasteiger charge is -2.39. The quantitative estimate of drug-likeness (QED) is 0.279. The lowest BCUT2D eigenvalue weighted by molar-refractivity contribution is -0.129. The highest BCUT2D eigenvalue weighted by atomic mass is 32.2. The first-order valence-corrected chi connectivity index (χ1v) is 14.9. The van der Waals surface area contributed by atoms with Gasteiger partial charge in [-0.3, -0.25) is 4.79 Å². The van der Waals surface area contributed by atoms with Gasteiger partial charge in [-0.1, -0.05) is 85.6 Å². The molecule has 5 rings (SSSR count). The topological polar surface area (TPSA) is 50.8 Å². The molecule has 0 bridgehead atoms. The molecule has 39 heavy (non-hydrogen) atoms. The van der Waals surface area contributed by atoms with Crippen molar-refractivity contribution in [2.24, 2.45) is 5.92 Å². The van der Waals surface area contributed by atoms with Gasteiger partial charge in [-0.15, -0.1) is 0 Å². The molecule has 1 amide bonds. The number of benzene rings is 3. The van der Waals surface area contributed by atoms with E-state index < -0.39 is 0 Å². The third-order valence-electron chi connectivity index (χ3n) is 7.47. The van der Waals surface area contributed by atoms with Gasteiger partial charge in [0.25, 0.3) is 5.91 Å². The molecule has 204 valence electrons. The highest BCUT2D eigenvalue weighted by Crippen LogP contribution is 2.42. The van der Waals surface area contributed by atoms with Crippen LogP contribution in [0.25, 0.3) is 6.08 Å². The summed E-state index contributed by atoms with van der Waals surface area (Å²) in [6.07, 6.45) is 6.62. The van der Waals surface area contributed by atoms with Gasteiger partial charge in [-0.25, -0.2) is 0 Å². The Hall–Kier alpha value is -3.38. The van der Waals surface area contributed by atoms with Gasteiger partial charge in [0.15, 0.2) is 17.0 Å². The van der Waals surface area contributed by atoms with Gasteiger partial charge in [-0.2, -0.15) is 0 Å². The number of para-hydroxylation sites is 1. The zero-order valence-corrected chi connectivity index (χ0v) is 23.9. The molecule has 3 atom stereocenters. The standard InChI is InChI=1S/C33H38N2O3S/c1-4-37-30-20-25(17-18-29(30)38-22-26-13-10-11-23(2)19-26)21-31-32(36)35(28-16-9-8-12-24(28)3)33(39-31)34-27-14-6-5-7-15-27/h5-7,10-11,13-15,17-21,24,28,33-34H,4,8-9,12,16,22H2,1-3H3/b31-21-/t24-,28-,33?/m1/s1. The Bertz CT molecular complexity index is 1310. The first-order chi connectivity index (χ1) is 19.0. The molecular formula is C33H38N2O3S. The highest BCUT2D eigenvalue weighted by Gasteiger charge is 2.42. The summed E-state index contributed by atoms with van der Waals surface area (Å²) in [6.45, 7) is 7.33. The number of hydrogen-bond donors (Lipinski definition) is 1. The van der Waals surface area contributed by atoms with Gasteiger partial charge < -0.3 is 19.7 Å². The molecule has 1 aliphatic heterocycles. The average Bonchev–Trinajstić information content (AvgIpc) is 3.23. The van der Waals surface area contributed by atoms with Gasteiger partial charge in [0.1, 0.15) is 6.61 Å². The van der Waals surface area contributed by atoms with Crippen LogP contribution in [0.1, 0.15) is 56.2 Å². The fourth-order valence-electron chi connectivity index (χ4n) is 5.48. The van der Waals surface area contributed by atoms with Crippen LogP contribution in [0.2, 0.25) is 0 Å². The molecule has 1 N–H and O–H groups in total. The minimum Gasteiger partial charge on any atom is -0.490 e. The van der Waals surface area contributed by atoms with E-state index >= 15 is 0 Å². The second-order valence-corrected chi connectivity index (χ2v) is 11.6. The summed E-state index contributed by atoms with van der Waals surface area (Å²) in [7, 11) is 0. The maximum atomic E-state index is 13.9. The van der Waals surface area contributed by atoms with Crippen molar-refractivity contribution in [2.75, 3.05) is 11.9 Å². The molecule has 1 heterocycles. The lowest BCUT2D eigenvalue weighted by Crippen LogP contribution is -2.48. The Morgan fingerprint density at radius 2 is 1.79 bits per heavy atom. The summed E-state index contributed by atoms with van der Waals surface area (Å²) in [5.74, 6) is 1.97. The molecule has 1 aliphatic carbocycles. The first-order valence-electron chi connectivity index (χ1n) is 14.0. The van der Waals surface area contributed by atoms with Crippen molar-refractivity contribution < 1.29 is 14.3 Å². The number of nitrogens with zero attached hydrogens (tertiary/aromatic N) is 1. The lowest BCUT2D eigenvalue weighted by atomic mass is 9.85. The van der Waals surface area contributed by atoms with E-state index in [1.165, 1.54) is 18.4 Å². The highest BCUT2D eigenvalue weighted by molar-refractivity contribution is 8.05. The molecule has 5 nitrogen and oxygen atoms in total. The number of carbonyl (C=O) groups is 1. The van der Waals surface area contributed by atoms with Crippen molar-refractivity contribution in [1.82, 2.24) is 4.90 Å². The summed E-state index contributed by atoms with van der Waals surface area (Å²) in [4.78, 5) is 16.7. The van der Waals surface area contributed by atoms with Crippen LogP contribution in [0.3, 0.4) is 0 Å². The van der Waals surface area contributed by atoms with Crippen LogP contribution >= 0.6 is 11.8 Å². The smallest absolute Gasteiger partial charge is 0.262 e. The van der Waals surface area contributed by atoms with E-state index in [2.05, 4.69) is 54.4 Å². The normalized spacial score (nSPS) is 22.2. The van der Waals surface area contributed by atoms with Crippen molar-refractivity contribution in [1.29, 1.82) is 0 Å². The fraction of sp³-hybridized carbons (Fsp3) is 0.364. The Morgan fingerprint density at radius 3 is 2.56 bits per heavy atom. The Kier molecular flexibility index (Phi) is 8.82. The number of rotatable bonds is 9. The van der Waals surface area contributed by atoms with Crippen molar-refractivity contribution in [3.05, 3.63) is 94.4 Å². The summed E-state index contributed by atoms with van der Waals surface area (Å²) < 4.78 is 12.1. The van der Waals surface area contributed by atoms with Crippen LogP contribution in [0.4, 0.5) is 5.69 Å². The second-order valence-electron chi connectivity index (χ2n) is 10.4. The Balaban J connectivity index is 1.39. The zero-order chi connectivity index (χ0) is 27.2. The molecular weight excluding hydrogens is 504 g/mol. The van der Waals surface area contributed by atoms with E-state index in [9.17, 15) is 4.79 Å². The van der Waals surface area contributed by atoms with Crippen LogP contribution in [0.15, 0.2) is 77.7 Å². The number of nitrogens with one attached hydrogen (secondary N) is 1. The third-order valence-corrected chi connectivity index (χ3v) is 8.58. The van der Waals surface area contributed by atoms with E-state index in [4.69, 9.17) is 9.47 Å². The Morgan fingerprint density at radius 1 is 0.974 bits per heavy atom. The molecule has 1 saturated heterocycles. The summed E-state index contributed by atoms with van der Waals surface area (Å²) >= 11 is 1.60. The first kappa shape index (κ1) is 27.2. The van der Waals surface area contributed by atoms with E-state index in [1.807, 2.05) is 55.5 Å². The van der Waals surface area contributed by atoms with Crippen molar-refractivity contribution in [3.8, 4) is 11.5 Å². The molecule has 2 aliphatic rings. The molecule has 0 radical (unpaired) electrons. The molecule has 0 spiro atoms. The largest absolute Gasteiger partial charge is 0.490 e. The summed E-state index contributed by atoms with van der Waals surface area (Å²) in [5.41, 5.74) is 4.13. The molecule has 6 heteroatoms. The molecule has 1 unspecified atom stereocenters. The maximum absolute atomic E-state index is 13.9. The third kappa shape index (κ3) is 6.62. The van der Waals surface area contributed by atoms with Crippen molar-refractivity contribution in [2.45, 2.75) is 64.6 Å². The van der Waals surface area contributed by atoms with Crippen LogP contribution < -0.4 is 14.8 Å². The molecule has 2 fully saturated rings. The van der Waals surface area contributed by atoms with E-state index in [0.29, 0.717) is 30.6 Å². The van der Waals surface area contributed by atoms with E-state index in [1.54, 1.807) is 11.8 Å². The zero-order valence-electron chi connectivity index (χ0n) is 23.1. The maximum Gasteiger partial charge on any atom is 0.262 e. The summed E-state index contributed by atoms with van der Waals surface area (Å²) in [6, 6.07) is 24.6. The number of carbonyl (C=O) groups excluding carboxylic acids is 1. The fourth-order valence-corrected chi connectivity index (χ4v) is 6.70. The monoisotopic (exact) mass is 542 g/mol. The number of ether oxygens (including phenoxy) is 2. The van der Waals surface area contributed by atoms with Crippen LogP contribution in [-0.2, 0) is 11.4 Å². The van der Waals surface area contributed by atoms with Crippen molar-refractivity contribution in [3.63, 3.8) is 0 Å². The SMILES string of the molecule is CCOc1cc(/C=C2\SC(Nc3ccccc3)N([C@@H]3CCCC[C@H]3C)C2=O)ccc1OCc1cccc(C)c1. The second kappa shape index (κ2) is 12.6. The summed E-state index contributed by atoms with van der Waals surface area (Å²) in [5, 5.41) is 3.61. The van der Waals surface area contributed by atoms with Gasteiger partial charge in [-0.05, 0) is 74.1 Å². The van der Waals surface area contributed by atoms with Gasteiger partial charge in [0, 0.05) is 11.7 Å². The minimum atomic E-state index is -0.139. The van der Waals surface area contributed by atoms with E-state index in [0.717, 1.165) is 34.6 Å². The van der Waals surface area contributed by atoms with Crippen LogP contribution in [0, 0.1) is 12.8 Å². The molecule has 0 aromatic heterocycles. The number of anilines is 1. The van der Waals surface area contributed by atoms with Gasteiger partial charge in [0.05, 0.1) is 11.5 Å². The molecule has 1 saturated carbocycles. The average molecular weight is 543 g/mol. The predicted octanol–water partition coefficient (Wildman–Crippen LogP) is 7.86. The number of amides is 1. The number of aryl methyl sites for hydroxylation is 1. The molecule has 3 aromatic rings.